The lowest BCUT2D eigenvalue weighted by Crippen LogP contribution is -2.22. The van der Waals surface area contributed by atoms with Crippen molar-refractivity contribution in [3.05, 3.63) is 35.2 Å². The summed E-state index contributed by atoms with van der Waals surface area (Å²) < 4.78 is 0. The average Bonchev–Trinajstić information content (AvgIpc) is 2.38. The third kappa shape index (κ3) is 2.51. The second-order valence-electron chi connectivity index (χ2n) is 3.83. The zero-order valence-electron chi connectivity index (χ0n) is 9.91. The Morgan fingerprint density at radius 1 is 1.59 bits per heavy atom. The molecule has 0 atom stereocenters. The van der Waals surface area contributed by atoms with Crippen LogP contribution in [-0.2, 0) is 4.84 Å². The van der Waals surface area contributed by atoms with Crippen LogP contribution in [0.4, 0.5) is 0 Å². The van der Waals surface area contributed by atoms with Crippen LogP contribution in [0.2, 0.25) is 0 Å². The fourth-order valence-corrected chi connectivity index (χ4v) is 1.74. The molecule has 1 aromatic rings. The molecule has 5 nitrogen and oxygen atoms in total. The van der Waals surface area contributed by atoms with E-state index < -0.39 is 0 Å². The molecule has 0 aromatic carbocycles. The van der Waals surface area contributed by atoms with E-state index in [4.69, 9.17) is 4.84 Å². The van der Waals surface area contributed by atoms with Gasteiger partial charge in [0.15, 0.2) is 0 Å². The molecule has 2 rings (SSSR count). The van der Waals surface area contributed by atoms with Gasteiger partial charge < -0.3 is 5.32 Å². The molecule has 2 N–H and O–H groups in total. The van der Waals surface area contributed by atoms with Crippen LogP contribution in [0, 0.1) is 6.92 Å². The van der Waals surface area contributed by atoms with E-state index in [-0.39, 0.29) is 5.91 Å². The summed E-state index contributed by atoms with van der Waals surface area (Å²) in [5.41, 5.74) is 6.36. The third-order valence-corrected chi connectivity index (χ3v) is 2.68. The smallest absolute Gasteiger partial charge is 0.269 e. The summed E-state index contributed by atoms with van der Waals surface area (Å²) >= 11 is 0. The zero-order chi connectivity index (χ0) is 12.3. The van der Waals surface area contributed by atoms with E-state index in [1.165, 1.54) is 0 Å². The highest BCUT2D eigenvalue weighted by molar-refractivity contribution is 5.92. The number of amides is 1. The fourth-order valence-electron chi connectivity index (χ4n) is 1.74. The second-order valence-corrected chi connectivity index (χ2v) is 3.83. The van der Waals surface area contributed by atoms with Gasteiger partial charge in [-0.05, 0) is 24.1 Å². The summed E-state index contributed by atoms with van der Waals surface area (Å²) in [5, 5.41) is 2.56. The van der Waals surface area contributed by atoms with E-state index in [9.17, 15) is 4.79 Å². The molecule has 2 heterocycles. The van der Waals surface area contributed by atoms with Gasteiger partial charge in [0.1, 0.15) is 5.69 Å². The minimum atomic E-state index is -0.171. The van der Waals surface area contributed by atoms with Crippen LogP contribution in [0.15, 0.2) is 18.3 Å². The number of carbonyl (C=O) groups excluding carboxylic acids is 1. The Kier molecular flexibility index (Phi) is 3.51. The first-order valence-electron chi connectivity index (χ1n) is 5.45. The van der Waals surface area contributed by atoms with Gasteiger partial charge in [0.2, 0.25) is 0 Å². The van der Waals surface area contributed by atoms with Crippen molar-refractivity contribution < 1.29 is 9.63 Å². The standard InChI is InChI=1S/C12H15N3O2/c1-8-5-11(12(16)13-2)14-6-10(8)9-3-4-15-17-7-9/h3,5-6,15H,4,7H2,1-2H3,(H,13,16). The lowest BCUT2D eigenvalue weighted by atomic mass is 10.0. The van der Waals surface area contributed by atoms with E-state index in [0.29, 0.717) is 18.8 Å². The minimum Gasteiger partial charge on any atom is -0.354 e. The van der Waals surface area contributed by atoms with Crippen molar-refractivity contribution in [1.29, 1.82) is 0 Å². The van der Waals surface area contributed by atoms with Gasteiger partial charge in [0.25, 0.3) is 5.91 Å². The van der Waals surface area contributed by atoms with Crippen molar-refractivity contribution in [2.75, 3.05) is 20.2 Å². The predicted octanol–water partition coefficient (Wildman–Crippen LogP) is 0.668. The van der Waals surface area contributed by atoms with Crippen LogP contribution < -0.4 is 10.8 Å². The molecule has 0 radical (unpaired) electrons. The van der Waals surface area contributed by atoms with Gasteiger partial charge >= 0.3 is 0 Å². The monoisotopic (exact) mass is 233 g/mol. The van der Waals surface area contributed by atoms with Gasteiger partial charge in [0, 0.05) is 25.4 Å². The van der Waals surface area contributed by atoms with Crippen LogP contribution in [0.1, 0.15) is 21.6 Å². The molecule has 0 fully saturated rings. The first-order valence-corrected chi connectivity index (χ1v) is 5.45. The van der Waals surface area contributed by atoms with Gasteiger partial charge in [-0.1, -0.05) is 6.08 Å². The quantitative estimate of drug-likeness (QED) is 0.788. The highest BCUT2D eigenvalue weighted by Crippen LogP contribution is 2.20. The summed E-state index contributed by atoms with van der Waals surface area (Å²) in [6.07, 6.45) is 3.79. The molecule has 90 valence electrons. The molecule has 0 aliphatic carbocycles. The van der Waals surface area contributed by atoms with Crippen molar-refractivity contribution >= 4 is 11.5 Å². The van der Waals surface area contributed by atoms with Crippen LogP contribution in [0.5, 0.6) is 0 Å². The highest BCUT2D eigenvalue weighted by Gasteiger charge is 2.12. The molecule has 0 unspecified atom stereocenters. The number of aryl methyl sites for hydroxylation is 1. The van der Waals surface area contributed by atoms with Gasteiger partial charge in [-0.3, -0.25) is 14.6 Å². The number of nitrogens with zero attached hydrogens (tertiary/aromatic N) is 1. The summed E-state index contributed by atoms with van der Waals surface area (Å²) in [6, 6.07) is 1.79. The van der Waals surface area contributed by atoms with Gasteiger partial charge in [0.05, 0.1) is 6.61 Å². The second kappa shape index (κ2) is 5.07. The number of hydroxylamine groups is 1. The van der Waals surface area contributed by atoms with Gasteiger partial charge in [-0.15, -0.1) is 0 Å². The Hall–Kier alpha value is -1.72. The summed E-state index contributed by atoms with van der Waals surface area (Å²) in [4.78, 5) is 20.8. The Morgan fingerprint density at radius 2 is 2.41 bits per heavy atom. The van der Waals surface area contributed by atoms with Crippen LogP contribution in [0.3, 0.4) is 0 Å². The van der Waals surface area contributed by atoms with Crippen molar-refractivity contribution in [3.63, 3.8) is 0 Å². The van der Waals surface area contributed by atoms with E-state index in [1.54, 1.807) is 19.3 Å². The Bertz CT molecular complexity index is 469. The topological polar surface area (TPSA) is 63.2 Å². The Balaban J connectivity index is 2.31. The zero-order valence-corrected chi connectivity index (χ0v) is 9.91. The number of rotatable bonds is 2. The summed E-state index contributed by atoms with van der Waals surface area (Å²) in [5.74, 6) is -0.171. The lowest BCUT2D eigenvalue weighted by Gasteiger charge is -2.16. The number of aromatic nitrogens is 1. The van der Waals surface area contributed by atoms with E-state index in [1.807, 2.05) is 6.92 Å². The lowest BCUT2D eigenvalue weighted by molar-refractivity contribution is 0.0678. The van der Waals surface area contributed by atoms with E-state index >= 15 is 0 Å². The normalized spacial score (nSPS) is 15.3. The van der Waals surface area contributed by atoms with E-state index in [0.717, 1.165) is 16.7 Å². The molecule has 17 heavy (non-hydrogen) atoms. The summed E-state index contributed by atoms with van der Waals surface area (Å²) in [6.45, 7) is 3.17. The fraction of sp³-hybridized carbons (Fsp3) is 0.333. The molecule has 5 heteroatoms. The van der Waals surface area contributed by atoms with E-state index in [2.05, 4.69) is 21.9 Å². The predicted molar refractivity (Wildman–Crippen MR) is 64.3 cm³/mol. The average molecular weight is 233 g/mol. The number of hydrogen-bond acceptors (Lipinski definition) is 4. The minimum absolute atomic E-state index is 0.171. The van der Waals surface area contributed by atoms with Crippen molar-refractivity contribution in [2.24, 2.45) is 0 Å². The number of hydrogen-bond donors (Lipinski definition) is 2. The van der Waals surface area contributed by atoms with Gasteiger partial charge in [-0.2, -0.15) is 5.48 Å². The largest absolute Gasteiger partial charge is 0.354 e. The molecule has 1 aliphatic heterocycles. The van der Waals surface area contributed by atoms with Crippen molar-refractivity contribution in [2.45, 2.75) is 6.92 Å². The highest BCUT2D eigenvalue weighted by atomic mass is 16.6. The number of carbonyl (C=O) groups is 1. The van der Waals surface area contributed by atoms with Crippen LogP contribution in [0.25, 0.3) is 5.57 Å². The number of pyridine rings is 1. The van der Waals surface area contributed by atoms with Crippen LogP contribution in [-0.4, -0.2) is 31.1 Å². The SMILES string of the molecule is CNC(=O)c1cc(C)c(C2=CCNOC2)cn1. The van der Waals surface area contributed by atoms with Gasteiger partial charge in [-0.25, -0.2) is 0 Å². The Morgan fingerprint density at radius 3 is 3.00 bits per heavy atom. The van der Waals surface area contributed by atoms with Crippen molar-refractivity contribution in [1.82, 2.24) is 15.8 Å². The maximum atomic E-state index is 11.4. The first kappa shape index (κ1) is 11.8. The molecular weight excluding hydrogens is 218 g/mol. The maximum Gasteiger partial charge on any atom is 0.269 e. The maximum absolute atomic E-state index is 11.4. The molecule has 0 bridgehead atoms. The molecule has 0 spiro atoms. The first-order chi connectivity index (χ1) is 8.22. The summed E-state index contributed by atoms with van der Waals surface area (Å²) in [7, 11) is 1.59. The molecule has 1 aromatic heterocycles. The molecule has 1 amide bonds. The molecule has 0 saturated heterocycles. The Labute approximate surface area is 99.8 Å². The molecular formula is C12H15N3O2. The molecule has 1 aliphatic rings. The number of nitrogens with one attached hydrogen (secondary N) is 2. The van der Waals surface area contributed by atoms with Crippen molar-refractivity contribution in [3.8, 4) is 0 Å². The van der Waals surface area contributed by atoms with Crippen LogP contribution >= 0.6 is 0 Å². The third-order valence-electron chi connectivity index (χ3n) is 2.68. The molecule has 0 saturated carbocycles.